The predicted octanol–water partition coefficient (Wildman–Crippen LogP) is 1.17. The number of ketones is 3. The van der Waals surface area contributed by atoms with Crippen LogP contribution in [0.3, 0.4) is 0 Å². The summed E-state index contributed by atoms with van der Waals surface area (Å²) in [6, 6.07) is 0. The summed E-state index contributed by atoms with van der Waals surface area (Å²) in [6.45, 7) is 3.56. The molecule has 0 aliphatic carbocycles. The molecule has 0 aliphatic rings. The van der Waals surface area contributed by atoms with Crippen molar-refractivity contribution in [3.8, 4) is 0 Å². The first-order chi connectivity index (χ1) is 7.08. The zero-order valence-electron chi connectivity index (χ0n) is 9.54. The number of methoxy groups -OCH3 is 1. The van der Waals surface area contributed by atoms with Gasteiger partial charge >= 0.3 is 0 Å². The third-order valence-electron chi connectivity index (χ3n) is 2.22. The van der Waals surface area contributed by atoms with Gasteiger partial charge in [-0.15, -0.1) is 0 Å². The molecule has 0 fully saturated rings. The second kappa shape index (κ2) is 7.29. The van der Waals surface area contributed by atoms with Crippen molar-refractivity contribution in [2.24, 2.45) is 5.92 Å². The van der Waals surface area contributed by atoms with Crippen LogP contribution >= 0.6 is 0 Å². The monoisotopic (exact) mass is 214 g/mol. The zero-order chi connectivity index (χ0) is 11.8. The van der Waals surface area contributed by atoms with Crippen molar-refractivity contribution in [1.29, 1.82) is 0 Å². The molecule has 0 saturated heterocycles. The van der Waals surface area contributed by atoms with Gasteiger partial charge in [0.2, 0.25) is 0 Å². The SMILES string of the molecule is CCC(=O)C(C(=O)CC)C(=O)CCOC. The minimum absolute atomic E-state index is 0.124. The lowest BCUT2D eigenvalue weighted by Crippen LogP contribution is -2.31. The van der Waals surface area contributed by atoms with Crippen molar-refractivity contribution in [2.45, 2.75) is 33.1 Å². The van der Waals surface area contributed by atoms with Gasteiger partial charge in [-0.05, 0) is 0 Å². The van der Waals surface area contributed by atoms with Crippen LogP contribution < -0.4 is 0 Å². The fourth-order valence-electron chi connectivity index (χ4n) is 1.29. The summed E-state index contributed by atoms with van der Waals surface area (Å²) in [5.41, 5.74) is 0. The molecule has 0 aromatic rings. The van der Waals surface area contributed by atoms with Crippen LogP contribution in [0.15, 0.2) is 0 Å². The minimum atomic E-state index is -1.06. The molecule has 0 amide bonds. The number of carbonyl (C=O) groups excluding carboxylic acids is 3. The first kappa shape index (κ1) is 14.0. The largest absolute Gasteiger partial charge is 0.384 e. The van der Waals surface area contributed by atoms with E-state index in [1.165, 1.54) is 7.11 Å². The number of Topliss-reactive ketones (excluding diaryl/α,β-unsaturated/α-hetero) is 3. The Morgan fingerprint density at radius 3 is 1.80 bits per heavy atom. The summed E-state index contributed by atoms with van der Waals surface area (Å²) in [7, 11) is 1.48. The Labute approximate surface area is 90.0 Å². The van der Waals surface area contributed by atoms with Crippen molar-refractivity contribution in [1.82, 2.24) is 0 Å². The van der Waals surface area contributed by atoms with E-state index in [9.17, 15) is 14.4 Å². The molecule has 0 rings (SSSR count). The van der Waals surface area contributed by atoms with Gasteiger partial charge < -0.3 is 4.74 Å². The minimum Gasteiger partial charge on any atom is -0.384 e. The molecule has 0 bridgehead atoms. The number of hydrogen-bond donors (Lipinski definition) is 0. The van der Waals surface area contributed by atoms with Crippen molar-refractivity contribution >= 4 is 17.3 Å². The standard InChI is InChI=1S/C11H18O4/c1-4-8(12)11(9(13)5-2)10(14)6-7-15-3/h11H,4-7H2,1-3H3. The van der Waals surface area contributed by atoms with Crippen LogP contribution in [0.1, 0.15) is 33.1 Å². The molecule has 4 nitrogen and oxygen atoms in total. The molecule has 0 heterocycles. The molecule has 0 N–H and O–H groups in total. The van der Waals surface area contributed by atoms with Crippen LogP contribution in [0.4, 0.5) is 0 Å². The molecule has 86 valence electrons. The van der Waals surface area contributed by atoms with Gasteiger partial charge in [0, 0.05) is 26.4 Å². The smallest absolute Gasteiger partial charge is 0.153 e. The van der Waals surface area contributed by atoms with Crippen LogP contribution in [-0.4, -0.2) is 31.1 Å². The lowest BCUT2D eigenvalue weighted by atomic mass is 9.90. The lowest BCUT2D eigenvalue weighted by Gasteiger charge is -2.11. The maximum atomic E-state index is 11.6. The van der Waals surface area contributed by atoms with Crippen LogP contribution in [0, 0.1) is 5.92 Å². The fourth-order valence-corrected chi connectivity index (χ4v) is 1.29. The van der Waals surface area contributed by atoms with Gasteiger partial charge in [0.05, 0.1) is 6.61 Å². The van der Waals surface area contributed by atoms with Crippen molar-refractivity contribution in [3.63, 3.8) is 0 Å². The summed E-state index contributed by atoms with van der Waals surface area (Å²) in [6.07, 6.45) is 0.558. The van der Waals surface area contributed by atoms with Gasteiger partial charge in [-0.25, -0.2) is 0 Å². The van der Waals surface area contributed by atoms with Crippen LogP contribution in [-0.2, 0) is 19.1 Å². The highest BCUT2D eigenvalue weighted by molar-refractivity contribution is 6.19. The molecule has 15 heavy (non-hydrogen) atoms. The first-order valence-corrected chi connectivity index (χ1v) is 5.15. The summed E-state index contributed by atoms with van der Waals surface area (Å²) in [5, 5.41) is 0. The van der Waals surface area contributed by atoms with Gasteiger partial charge in [0.1, 0.15) is 5.92 Å². The quantitative estimate of drug-likeness (QED) is 0.569. The third kappa shape index (κ3) is 4.34. The van der Waals surface area contributed by atoms with E-state index < -0.39 is 5.92 Å². The van der Waals surface area contributed by atoms with Crippen LogP contribution in [0.5, 0.6) is 0 Å². The number of ether oxygens (including phenoxy) is 1. The average Bonchev–Trinajstić information content (AvgIpc) is 2.25. The molecular weight excluding hydrogens is 196 g/mol. The van der Waals surface area contributed by atoms with Gasteiger partial charge in [0.25, 0.3) is 0 Å². The predicted molar refractivity (Wildman–Crippen MR) is 55.6 cm³/mol. The van der Waals surface area contributed by atoms with E-state index >= 15 is 0 Å². The molecule has 4 heteroatoms. The van der Waals surface area contributed by atoms with E-state index in [0.717, 1.165) is 0 Å². The topological polar surface area (TPSA) is 60.4 Å². The number of rotatable bonds is 8. The summed E-state index contributed by atoms with van der Waals surface area (Å²) < 4.78 is 4.75. The van der Waals surface area contributed by atoms with Crippen molar-refractivity contribution in [2.75, 3.05) is 13.7 Å². The van der Waals surface area contributed by atoms with Gasteiger partial charge in [0.15, 0.2) is 17.3 Å². The summed E-state index contributed by atoms with van der Waals surface area (Å²) >= 11 is 0. The normalized spacial score (nSPS) is 10.4. The Kier molecular flexibility index (Phi) is 6.79. The van der Waals surface area contributed by atoms with Crippen LogP contribution in [0.2, 0.25) is 0 Å². The maximum absolute atomic E-state index is 11.6. The Morgan fingerprint density at radius 2 is 1.47 bits per heavy atom. The number of carbonyl (C=O) groups is 3. The van der Waals surface area contributed by atoms with Gasteiger partial charge in [-0.1, -0.05) is 13.8 Å². The van der Waals surface area contributed by atoms with Gasteiger partial charge in [-0.2, -0.15) is 0 Å². The van der Waals surface area contributed by atoms with E-state index in [1.54, 1.807) is 13.8 Å². The second-order valence-electron chi connectivity index (χ2n) is 3.28. The molecular formula is C11H18O4. The van der Waals surface area contributed by atoms with Crippen molar-refractivity contribution < 1.29 is 19.1 Å². The van der Waals surface area contributed by atoms with Gasteiger partial charge in [-0.3, -0.25) is 14.4 Å². The van der Waals surface area contributed by atoms with E-state index in [1.807, 2.05) is 0 Å². The first-order valence-electron chi connectivity index (χ1n) is 5.15. The van der Waals surface area contributed by atoms with E-state index in [0.29, 0.717) is 0 Å². The van der Waals surface area contributed by atoms with E-state index in [4.69, 9.17) is 4.74 Å². The molecule has 0 aliphatic heterocycles. The Bertz CT molecular complexity index is 229. The molecule has 0 aromatic carbocycles. The molecule has 0 aromatic heterocycles. The third-order valence-corrected chi connectivity index (χ3v) is 2.22. The Hall–Kier alpha value is -1.03. The highest BCUT2D eigenvalue weighted by Crippen LogP contribution is 2.10. The van der Waals surface area contributed by atoms with E-state index in [2.05, 4.69) is 0 Å². The lowest BCUT2D eigenvalue weighted by molar-refractivity contribution is -0.140. The van der Waals surface area contributed by atoms with E-state index in [-0.39, 0.29) is 43.2 Å². The highest BCUT2D eigenvalue weighted by atomic mass is 16.5. The molecule has 0 atom stereocenters. The second-order valence-corrected chi connectivity index (χ2v) is 3.28. The fraction of sp³-hybridized carbons (Fsp3) is 0.727. The average molecular weight is 214 g/mol. The van der Waals surface area contributed by atoms with Crippen LogP contribution in [0.25, 0.3) is 0 Å². The molecule has 0 spiro atoms. The molecule has 0 radical (unpaired) electrons. The zero-order valence-corrected chi connectivity index (χ0v) is 9.54. The summed E-state index contributed by atoms with van der Waals surface area (Å²) in [4.78, 5) is 34.5. The Morgan fingerprint density at radius 1 is 1.00 bits per heavy atom. The number of hydrogen-bond acceptors (Lipinski definition) is 4. The highest BCUT2D eigenvalue weighted by Gasteiger charge is 2.30. The van der Waals surface area contributed by atoms with Crippen molar-refractivity contribution in [3.05, 3.63) is 0 Å². The molecule has 0 unspecified atom stereocenters. The summed E-state index contributed by atoms with van der Waals surface area (Å²) in [5.74, 6) is -1.96. The maximum Gasteiger partial charge on any atom is 0.153 e. The Balaban J connectivity index is 4.55. The molecule has 0 saturated carbocycles.